The molecule has 1 aromatic rings. The van der Waals surface area contributed by atoms with Crippen molar-refractivity contribution in [2.45, 2.75) is 6.42 Å². The molecule has 0 spiro atoms. The minimum absolute atomic E-state index is 0.0197. The summed E-state index contributed by atoms with van der Waals surface area (Å²) in [4.78, 5) is 11.5. The van der Waals surface area contributed by atoms with Gasteiger partial charge in [-0.3, -0.25) is 4.79 Å². The Kier molecular flexibility index (Phi) is 5.76. The van der Waals surface area contributed by atoms with Crippen molar-refractivity contribution < 1.29 is 4.79 Å². The van der Waals surface area contributed by atoms with Gasteiger partial charge in [-0.2, -0.15) is 0 Å². The van der Waals surface area contributed by atoms with Crippen LogP contribution >= 0.6 is 45.2 Å². The van der Waals surface area contributed by atoms with Gasteiger partial charge in [-0.25, -0.2) is 0 Å². The van der Waals surface area contributed by atoms with Gasteiger partial charge in [0.05, 0.1) is 0 Å². The average Bonchev–Trinajstić information content (AvgIpc) is 2.19. The van der Waals surface area contributed by atoms with E-state index in [1.54, 1.807) is 0 Å². The lowest BCUT2D eigenvalue weighted by Crippen LogP contribution is -2.24. The molecule has 1 amide bonds. The summed E-state index contributed by atoms with van der Waals surface area (Å²) in [5.74, 6) is 0.0197. The fourth-order valence-electron chi connectivity index (χ4n) is 0.972. The van der Waals surface area contributed by atoms with Gasteiger partial charge in [0.1, 0.15) is 0 Å². The molecule has 0 aliphatic carbocycles. The number of rotatable bonds is 4. The molecule has 0 saturated carbocycles. The second-order valence-electron chi connectivity index (χ2n) is 2.81. The summed E-state index contributed by atoms with van der Waals surface area (Å²) in [6, 6.07) is 7.57. The van der Waals surface area contributed by atoms with E-state index in [-0.39, 0.29) is 5.91 Å². The molecule has 0 unspecified atom stereocenters. The first-order chi connectivity index (χ1) is 6.74. The molecule has 0 aromatic heterocycles. The van der Waals surface area contributed by atoms with Crippen molar-refractivity contribution in [3.05, 3.63) is 33.4 Å². The number of halogens is 2. The predicted octanol–water partition coefficient (Wildman–Crippen LogP) is 2.85. The lowest BCUT2D eigenvalue weighted by atomic mass is 10.2. The molecule has 0 fully saturated rings. The number of benzene rings is 1. The number of carbonyl (C=O) groups excluding carboxylic acids is 1. The van der Waals surface area contributed by atoms with Crippen LogP contribution in [-0.2, 0) is 0 Å². The summed E-state index contributed by atoms with van der Waals surface area (Å²) >= 11 is 4.52. The first-order valence-electron chi connectivity index (χ1n) is 4.34. The van der Waals surface area contributed by atoms with Crippen molar-refractivity contribution in [2.75, 3.05) is 11.0 Å². The van der Waals surface area contributed by atoms with Crippen molar-refractivity contribution >= 4 is 51.1 Å². The molecule has 0 aliphatic rings. The Labute approximate surface area is 111 Å². The molecule has 76 valence electrons. The Hall–Kier alpha value is 0.150. The summed E-state index contributed by atoms with van der Waals surface area (Å²) in [5, 5.41) is 2.87. The van der Waals surface area contributed by atoms with Gasteiger partial charge in [0.25, 0.3) is 5.91 Å². The number of hydrogen-bond donors (Lipinski definition) is 1. The van der Waals surface area contributed by atoms with E-state index in [4.69, 9.17) is 0 Å². The summed E-state index contributed by atoms with van der Waals surface area (Å²) in [7, 11) is 0. The lowest BCUT2D eigenvalue weighted by molar-refractivity contribution is 0.0954. The molecular formula is C10H11I2NO. The van der Waals surface area contributed by atoms with Gasteiger partial charge in [-0.1, -0.05) is 22.6 Å². The van der Waals surface area contributed by atoms with E-state index < -0.39 is 0 Å². The number of alkyl halides is 1. The molecule has 0 heterocycles. The highest BCUT2D eigenvalue weighted by Gasteiger charge is 2.02. The van der Waals surface area contributed by atoms with E-state index in [2.05, 4.69) is 50.5 Å². The third-order valence-corrected chi connectivity index (χ3v) is 3.18. The topological polar surface area (TPSA) is 29.1 Å². The highest BCUT2D eigenvalue weighted by atomic mass is 127. The zero-order chi connectivity index (χ0) is 10.4. The van der Waals surface area contributed by atoms with Crippen molar-refractivity contribution in [1.82, 2.24) is 5.32 Å². The van der Waals surface area contributed by atoms with Gasteiger partial charge in [0.2, 0.25) is 0 Å². The van der Waals surface area contributed by atoms with Crippen molar-refractivity contribution in [1.29, 1.82) is 0 Å². The molecule has 0 saturated heterocycles. The van der Waals surface area contributed by atoms with Gasteiger partial charge in [0.15, 0.2) is 0 Å². The molecular weight excluding hydrogens is 404 g/mol. The van der Waals surface area contributed by atoms with Crippen molar-refractivity contribution in [2.24, 2.45) is 0 Å². The Bertz CT molecular complexity index is 297. The maximum absolute atomic E-state index is 11.5. The number of hydrogen-bond acceptors (Lipinski definition) is 1. The largest absolute Gasteiger partial charge is 0.352 e. The molecule has 1 N–H and O–H groups in total. The fourth-order valence-corrected chi connectivity index (χ4v) is 1.71. The molecule has 0 atom stereocenters. The second-order valence-corrected chi connectivity index (χ2v) is 5.13. The first kappa shape index (κ1) is 12.2. The zero-order valence-corrected chi connectivity index (χ0v) is 11.9. The molecule has 2 nitrogen and oxygen atoms in total. The van der Waals surface area contributed by atoms with Crippen LogP contribution in [-0.4, -0.2) is 16.9 Å². The van der Waals surface area contributed by atoms with Gasteiger partial charge in [-0.15, -0.1) is 0 Å². The van der Waals surface area contributed by atoms with E-state index in [9.17, 15) is 4.79 Å². The lowest BCUT2D eigenvalue weighted by Gasteiger charge is -2.03. The van der Waals surface area contributed by atoms with Crippen LogP contribution < -0.4 is 5.32 Å². The molecule has 1 aromatic carbocycles. The zero-order valence-electron chi connectivity index (χ0n) is 7.59. The van der Waals surface area contributed by atoms with Gasteiger partial charge in [-0.05, 0) is 53.3 Å². The Morgan fingerprint density at radius 3 is 2.50 bits per heavy atom. The quantitative estimate of drug-likeness (QED) is 0.458. The minimum Gasteiger partial charge on any atom is -0.352 e. The smallest absolute Gasteiger partial charge is 0.251 e. The molecule has 14 heavy (non-hydrogen) atoms. The van der Waals surface area contributed by atoms with Crippen LogP contribution in [0.3, 0.4) is 0 Å². The fraction of sp³-hybridized carbons (Fsp3) is 0.300. The predicted molar refractivity (Wildman–Crippen MR) is 75.0 cm³/mol. The van der Waals surface area contributed by atoms with Crippen LogP contribution in [0.2, 0.25) is 0 Å². The Balaban J connectivity index is 2.48. The molecule has 4 heteroatoms. The van der Waals surface area contributed by atoms with E-state index in [0.717, 1.165) is 26.5 Å². The van der Waals surface area contributed by atoms with E-state index >= 15 is 0 Å². The molecule has 1 rings (SSSR count). The van der Waals surface area contributed by atoms with E-state index in [0.29, 0.717) is 0 Å². The summed E-state index contributed by atoms with van der Waals surface area (Å²) in [6.07, 6.45) is 1.02. The maximum atomic E-state index is 11.5. The van der Waals surface area contributed by atoms with Crippen molar-refractivity contribution in [3.63, 3.8) is 0 Å². The highest BCUT2D eigenvalue weighted by molar-refractivity contribution is 14.1. The third kappa shape index (κ3) is 4.12. The van der Waals surface area contributed by atoms with Crippen LogP contribution in [0.5, 0.6) is 0 Å². The third-order valence-electron chi connectivity index (χ3n) is 1.70. The highest BCUT2D eigenvalue weighted by Crippen LogP contribution is 2.06. The van der Waals surface area contributed by atoms with Gasteiger partial charge < -0.3 is 5.32 Å². The van der Waals surface area contributed by atoms with Gasteiger partial charge in [0, 0.05) is 20.1 Å². The Morgan fingerprint density at radius 2 is 1.93 bits per heavy atom. The number of carbonyl (C=O) groups is 1. The van der Waals surface area contributed by atoms with E-state index in [1.165, 1.54) is 0 Å². The van der Waals surface area contributed by atoms with Crippen LogP contribution in [0, 0.1) is 3.57 Å². The monoisotopic (exact) mass is 415 g/mol. The molecule has 0 radical (unpaired) electrons. The summed E-state index contributed by atoms with van der Waals surface area (Å²) < 4.78 is 2.22. The number of amides is 1. The summed E-state index contributed by atoms with van der Waals surface area (Å²) in [6.45, 7) is 0.758. The second kappa shape index (κ2) is 6.60. The first-order valence-corrected chi connectivity index (χ1v) is 6.94. The standard InChI is InChI=1S/C10H11I2NO/c11-6-1-7-13-10(14)8-2-4-9(12)5-3-8/h2-5H,1,6-7H2,(H,13,14). The van der Waals surface area contributed by atoms with Crippen LogP contribution in [0.15, 0.2) is 24.3 Å². The van der Waals surface area contributed by atoms with Crippen LogP contribution in [0.1, 0.15) is 16.8 Å². The van der Waals surface area contributed by atoms with Crippen LogP contribution in [0.4, 0.5) is 0 Å². The van der Waals surface area contributed by atoms with E-state index in [1.807, 2.05) is 24.3 Å². The molecule has 0 bridgehead atoms. The number of nitrogens with one attached hydrogen (secondary N) is 1. The molecule has 0 aliphatic heterocycles. The van der Waals surface area contributed by atoms with Crippen LogP contribution in [0.25, 0.3) is 0 Å². The summed E-state index contributed by atoms with van der Waals surface area (Å²) in [5.41, 5.74) is 0.735. The normalized spacial score (nSPS) is 9.86. The minimum atomic E-state index is 0.0197. The average molecular weight is 415 g/mol. The Morgan fingerprint density at radius 1 is 1.29 bits per heavy atom. The van der Waals surface area contributed by atoms with Crippen molar-refractivity contribution in [3.8, 4) is 0 Å². The van der Waals surface area contributed by atoms with Gasteiger partial charge >= 0.3 is 0 Å². The SMILES string of the molecule is O=C(NCCCI)c1ccc(I)cc1. The maximum Gasteiger partial charge on any atom is 0.251 e.